The third-order valence-corrected chi connectivity index (χ3v) is 4.77. The van der Waals surface area contributed by atoms with E-state index in [1.54, 1.807) is 18.2 Å². The Morgan fingerprint density at radius 2 is 2.19 bits per heavy atom. The van der Waals surface area contributed by atoms with Crippen molar-refractivity contribution in [3.8, 4) is 0 Å². The Morgan fingerprint density at radius 3 is 2.86 bits per heavy atom. The molecule has 0 radical (unpaired) electrons. The van der Waals surface area contributed by atoms with Crippen LogP contribution in [0.2, 0.25) is 0 Å². The number of likely N-dealkylation sites (tertiary alicyclic amines) is 1. The molecule has 1 saturated heterocycles. The van der Waals surface area contributed by atoms with Gasteiger partial charge in [0.1, 0.15) is 9.84 Å². The molecule has 2 rings (SSSR count). The lowest BCUT2D eigenvalue weighted by Gasteiger charge is -2.15. The zero-order chi connectivity index (χ0) is 15.5. The van der Waals surface area contributed by atoms with Gasteiger partial charge in [0.05, 0.1) is 11.3 Å². The lowest BCUT2D eigenvalue weighted by atomic mass is 9.97. The molecule has 0 bridgehead atoms. The van der Waals surface area contributed by atoms with Crippen LogP contribution in [-0.4, -0.2) is 56.0 Å². The third-order valence-electron chi connectivity index (χ3n) is 3.85. The molecule has 0 aromatic heterocycles. The Kier molecular flexibility index (Phi) is 5.00. The summed E-state index contributed by atoms with van der Waals surface area (Å²) in [4.78, 5) is 13.1. The fourth-order valence-electron chi connectivity index (χ4n) is 2.74. The van der Waals surface area contributed by atoms with Crippen molar-refractivity contribution in [1.29, 1.82) is 0 Å². The summed E-state index contributed by atoms with van der Waals surface area (Å²) in [6.07, 6.45) is 3.13. The number of rotatable bonds is 6. The van der Waals surface area contributed by atoms with Crippen LogP contribution in [0.3, 0.4) is 0 Å². The van der Waals surface area contributed by atoms with E-state index in [0.29, 0.717) is 18.0 Å². The number of sulfone groups is 1. The molecule has 5 nitrogen and oxygen atoms in total. The number of benzene rings is 1. The maximum absolute atomic E-state index is 11.2. The van der Waals surface area contributed by atoms with Gasteiger partial charge in [0.15, 0.2) is 0 Å². The molecular formula is C15H21NO4S. The van der Waals surface area contributed by atoms with Gasteiger partial charge in [-0.2, -0.15) is 0 Å². The predicted molar refractivity (Wildman–Crippen MR) is 81.4 cm³/mol. The number of aromatic carboxylic acids is 1. The Labute approximate surface area is 125 Å². The maximum Gasteiger partial charge on any atom is 0.335 e. The molecule has 1 aliphatic rings. The topological polar surface area (TPSA) is 74.7 Å². The van der Waals surface area contributed by atoms with Gasteiger partial charge < -0.3 is 10.0 Å². The van der Waals surface area contributed by atoms with E-state index >= 15 is 0 Å². The van der Waals surface area contributed by atoms with Crippen molar-refractivity contribution in [2.45, 2.75) is 12.8 Å². The molecule has 0 spiro atoms. The summed E-state index contributed by atoms with van der Waals surface area (Å²) in [5, 5.41) is 8.99. The summed E-state index contributed by atoms with van der Waals surface area (Å²) >= 11 is 0. The molecule has 1 N–H and O–H groups in total. The van der Waals surface area contributed by atoms with Gasteiger partial charge in [0, 0.05) is 19.3 Å². The predicted octanol–water partition coefficient (Wildman–Crippen LogP) is 1.29. The smallest absolute Gasteiger partial charge is 0.335 e. The molecule has 1 aliphatic heterocycles. The van der Waals surface area contributed by atoms with E-state index in [4.69, 9.17) is 5.11 Å². The van der Waals surface area contributed by atoms with Gasteiger partial charge in [-0.15, -0.1) is 0 Å². The van der Waals surface area contributed by atoms with E-state index in [9.17, 15) is 13.2 Å². The number of carbonyl (C=O) groups is 1. The molecule has 21 heavy (non-hydrogen) atoms. The van der Waals surface area contributed by atoms with Gasteiger partial charge in [0.2, 0.25) is 0 Å². The van der Waals surface area contributed by atoms with Gasteiger partial charge in [-0.25, -0.2) is 13.2 Å². The zero-order valence-corrected chi connectivity index (χ0v) is 13.0. The first kappa shape index (κ1) is 16.0. The quantitative estimate of drug-likeness (QED) is 0.857. The first-order valence-corrected chi connectivity index (χ1v) is 9.12. The summed E-state index contributed by atoms with van der Waals surface area (Å²) < 4.78 is 22.4. The molecular weight excluding hydrogens is 290 g/mol. The van der Waals surface area contributed by atoms with Crippen LogP contribution in [0, 0.1) is 5.92 Å². The van der Waals surface area contributed by atoms with Crippen LogP contribution in [0.5, 0.6) is 0 Å². The van der Waals surface area contributed by atoms with Crippen molar-refractivity contribution in [3.05, 3.63) is 35.4 Å². The highest BCUT2D eigenvalue weighted by Crippen LogP contribution is 2.21. The number of nitrogens with zero attached hydrogens (tertiary/aromatic N) is 1. The molecule has 6 heteroatoms. The van der Waals surface area contributed by atoms with Crippen molar-refractivity contribution < 1.29 is 18.3 Å². The fraction of sp³-hybridized carbons (Fsp3) is 0.533. The van der Waals surface area contributed by atoms with Crippen LogP contribution in [0.4, 0.5) is 0 Å². The molecule has 1 aromatic carbocycles. The van der Waals surface area contributed by atoms with Crippen LogP contribution in [0.1, 0.15) is 22.3 Å². The number of carboxylic acids is 1. The first-order valence-electron chi connectivity index (χ1n) is 7.06. The standard InChI is InChI=1S/C15H21NO4S/c1-21(19,20)8-7-16-6-5-13(11-16)9-12-3-2-4-14(10-12)15(17)18/h2-4,10,13H,5-9,11H2,1H3,(H,17,18)/t13-/m0/s1. The summed E-state index contributed by atoms with van der Waals surface area (Å²) in [6.45, 7) is 2.39. The Morgan fingerprint density at radius 1 is 1.43 bits per heavy atom. The minimum absolute atomic E-state index is 0.203. The van der Waals surface area contributed by atoms with E-state index < -0.39 is 15.8 Å². The summed E-state index contributed by atoms with van der Waals surface area (Å²) in [5.41, 5.74) is 1.35. The van der Waals surface area contributed by atoms with Gasteiger partial charge in [0.25, 0.3) is 0 Å². The van der Waals surface area contributed by atoms with Crippen molar-refractivity contribution in [2.24, 2.45) is 5.92 Å². The van der Waals surface area contributed by atoms with Crippen molar-refractivity contribution in [1.82, 2.24) is 4.90 Å². The molecule has 0 unspecified atom stereocenters. The lowest BCUT2D eigenvalue weighted by Crippen LogP contribution is -2.27. The summed E-state index contributed by atoms with van der Waals surface area (Å²) in [7, 11) is -2.91. The summed E-state index contributed by atoms with van der Waals surface area (Å²) in [6, 6.07) is 7.04. The average Bonchev–Trinajstić information content (AvgIpc) is 2.83. The van der Waals surface area contributed by atoms with Crippen molar-refractivity contribution >= 4 is 15.8 Å². The van der Waals surface area contributed by atoms with E-state index in [2.05, 4.69) is 4.90 Å². The van der Waals surface area contributed by atoms with Crippen LogP contribution in [-0.2, 0) is 16.3 Å². The second-order valence-electron chi connectivity index (χ2n) is 5.79. The molecule has 0 aliphatic carbocycles. The number of carboxylic acid groups (broad SMARTS) is 1. The molecule has 1 fully saturated rings. The van der Waals surface area contributed by atoms with E-state index in [-0.39, 0.29) is 5.75 Å². The maximum atomic E-state index is 11.2. The Bertz CT molecular complexity index is 612. The van der Waals surface area contributed by atoms with Crippen LogP contribution >= 0.6 is 0 Å². The van der Waals surface area contributed by atoms with E-state index in [1.165, 1.54) is 6.26 Å². The third kappa shape index (κ3) is 5.13. The molecule has 1 heterocycles. The van der Waals surface area contributed by atoms with Gasteiger partial charge >= 0.3 is 5.97 Å². The van der Waals surface area contributed by atoms with Crippen LogP contribution < -0.4 is 0 Å². The van der Waals surface area contributed by atoms with Gasteiger partial charge in [-0.1, -0.05) is 12.1 Å². The number of hydrogen-bond acceptors (Lipinski definition) is 4. The Balaban J connectivity index is 1.88. The van der Waals surface area contributed by atoms with Crippen molar-refractivity contribution in [2.75, 3.05) is 31.6 Å². The van der Waals surface area contributed by atoms with Gasteiger partial charge in [-0.05, 0) is 43.0 Å². The highest BCUT2D eigenvalue weighted by Gasteiger charge is 2.23. The molecule has 116 valence electrons. The Hall–Kier alpha value is -1.40. The second-order valence-corrected chi connectivity index (χ2v) is 8.05. The van der Waals surface area contributed by atoms with E-state index in [0.717, 1.165) is 31.5 Å². The normalized spacial score (nSPS) is 19.8. The van der Waals surface area contributed by atoms with Crippen molar-refractivity contribution in [3.63, 3.8) is 0 Å². The second kappa shape index (κ2) is 6.58. The highest BCUT2D eigenvalue weighted by molar-refractivity contribution is 7.90. The SMILES string of the molecule is CS(=O)(=O)CCN1CC[C@@H](Cc2cccc(C(=O)O)c2)C1. The van der Waals surface area contributed by atoms with Gasteiger partial charge in [-0.3, -0.25) is 0 Å². The summed E-state index contributed by atoms with van der Waals surface area (Å²) in [5.74, 6) is -0.236. The monoisotopic (exact) mass is 311 g/mol. The molecule has 1 atom stereocenters. The molecule has 0 saturated carbocycles. The average molecular weight is 311 g/mol. The number of hydrogen-bond donors (Lipinski definition) is 1. The molecule has 1 aromatic rings. The zero-order valence-electron chi connectivity index (χ0n) is 12.2. The van der Waals surface area contributed by atoms with Crippen LogP contribution in [0.25, 0.3) is 0 Å². The first-order chi connectivity index (χ1) is 9.83. The molecule has 0 amide bonds. The van der Waals surface area contributed by atoms with Crippen LogP contribution in [0.15, 0.2) is 24.3 Å². The minimum Gasteiger partial charge on any atom is -0.478 e. The largest absolute Gasteiger partial charge is 0.478 e. The highest BCUT2D eigenvalue weighted by atomic mass is 32.2. The van der Waals surface area contributed by atoms with E-state index in [1.807, 2.05) is 6.07 Å². The fourth-order valence-corrected chi connectivity index (χ4v) is 3.33. The lowest BCUT2D eigenvalue weighted by molar-refractivity contribution is 0.0696. The minimum atomic E-state index is -2.91.